The summed E-state index contributed by atoms with van der Waals surface area (Å²) < 4.78 is 16.1. The lowest BCUT2D eigenvalue weighted by Gasteiger charge is -2.14. The van der Waals surface area contributed by atoms with Gasteiger partial charge in [0.2, 0.25) is 0 Å². The number of ether oxygens (including phenoxy) is 3. The van der Waals surface area contributed by atoms with Crippen LogP contribution in [0, 0.1) is 11.3 Å². The number of nitrogens with zero attached hydrogens (tertiary/aromatic N) is 1. The highest BCUT2D eigenvalue weighted by atomic mass is 16.6. The number of amides is 1. The molecule has 0 spiro atoms. The van der Waals surface area contributed by atoms with E-state index in [-0.39, 0.29) is 13.0 Å². The number of hydrogen-bond donors (Lipinski definition) is 1. The first-order valence-corrected chi connectivity index (χ1v) is 8.88. The first kappa shape index (κ1) is 20.8. The molecule has 0 aliphatic heterocycles. The quantitative estimate of drug-likeness (QED) is 0.668. The highest BCUT2D eigenvalue weighted by molar-refractivity contribution is 5.95. The normalized spacial score (nSPS) is 11.0. The van der Waals surface area contributed by atoms with Crippen molar-refractivity contribution in [1.29, 1.82) is 5.26 Å². The van der Waals surface area contributed by atoms with Gasteiger partial charge in [-0.2, -0.15) is 5.26 Å². The molecule has 0 aromatic heterocycles. The van der Waals surface area contributed by atoms with Gasteiger partial charge in [-0.25, -0.2) is 0 Å². The minimum Gasteiger partial charge on any atom is -0.490 e. The first-order chi connectivity index (χ1) is 13.5. The Hall–Kier alpha value is -3.53. The van der Waals surface area contributed by atoms with Crippen LogP contribution in [-0.4, -0.2) is 31.2 Å². The van der Waals surface area contributed by atoms with E-state index >= 15 is 0 Å². The van der Waals surface area contributed by atoms with E-state index in [1.165, 1.54) is 6.92 Å². The average Bonchev–Trinajstić information content (AvgIpc) is 2.70. The van der Waals surface area contributed by atoms with Crippen LogP contribution in [0.25, 0.3) is 0 Å². The fraction of sp³-hybridized carbons (Fsp3) is 0.286. The summed E-state index contributed by atoms with van der Waals surface area (Å²) in [5, 5.41) is 11.4. The van der Waals surface area contributed by atoms with Crippen molar-refractivity contribution >= 4 is 17.6 Å². The maximum atomic E-state index is 12.1. The SMILES string of the molecule is CCOc1ccccc1OCCC(=O)O[C@H](C)C(=O)Nc1ccc(C#N)cc1. The van der Waals surface area contributed by atoms with E-state index in [9.17, 15) is 9.59 Å². The summed E-state index contributed by atoms with van der Waals surface area (Å²) in [6.45, 7) is 3.97. The summed E-state index contributed by atoms with van der Waals surface area (Å²) >= 11 is 0. The number of nitrogens with one attached hydrogen (secondary N) is 1. The third kappa shape index (κ3) is 6.32. The molecule has 0 radical (unpaired) electrons. The lowest BCUT2D eigenvalue weighted by Crippen LogP contribution is -2.30. The second-order valence-corrected chi connectivity index (χ2v) is 5.79. The van der Waals surface area contributed by atoms with Crippen molar-refractivity contribution in [3.63, 3.8) is 0 Å². The second-order valence-electron chi connectivity index (χ2n) is 5.79. The number of carbonyl (C=O) groups excluding carboxylic acids is 2. The molecule has 146 valence electrons. The predicted octanol–water partition coefficient (Wildman–Crippen LogP) is 3.30. The Morgan fingerprint density at radius 1 is 1.07 bits per heavy atom. The Morgan fingerprint density at radius 3 is 2.32 bits per heavy atom. The standard InChI is InChI=1S/C21H22N2O5/c1-3-26-18-6-4-5-7-19(18)27-13-12-20(24)28-15(2)21(25)23-17-10-8-16(14-22)9-11-17/h4-11,15H,3,12-13H2,1-2H3,(H,23,25)/t15-/m1/s1. The van der Waals surface area contributed by atoms with E-state index in [2.05, 4.69) is 5.32 Å². The molecule has 1 amide bonds. The highest BCUT2D eigenvalue weighted by Gasteiger charge is 2.18. The smallest absolute Gasteiger partial charge is 0.310 e. The molecule has 7 nitrogen and oxygen atoms in total. The zero-order valence-electron chi connectivity index (χ0n) is 15.8. The number of rotatable bonds is 9. The predicted molar refractivity (Wildman–Crippen MR) is 103 cm³/mol. The number of hydrogen-bond acceptors (Lipinski definition) is 6. The summed E-state index contributed by atoms with van der Waals surface area (Å²) in [4.78, 5) is 24.1. The van der Waals surface area contributed by atoms with Crippen molar-refractivity contribution < 1.29 is 23.8 Å². The largest absolute Gasteiger partial charge is 0.490 e. The molecule has 1 N–H and O–H groups in total. The van der Waals surface area contributed by atoms with E-state index in [1.54, 1.807) is 36.4 Å². The number of esters is 1. The second kappa shape index (κ2) is 10.6. The van der Waals surface area contributed by atoms with Gasteiger partial charge in [0.1, 0.15) is 0 Å². The molecule has 0 aliphatic carbocycles. The molecule has 0 bridgehead atoms. The van der Waals surface area contributed by atoms with Gasteiger partial charge >= 0.3 is 5.97 Å². The molecular formula is C21H22N2O5. The zero-order chi connectivity index (χ0) is 20.4. The van der Waals surface area contributed by atoms with Crippen LogP contribution in [0.1, 0.15) is 25.8 Å². The van der Waals surface area contributed by atoms with Gasteiger partial charge in [0.15, 0.2) is 17.6 Å². The molecule has 7 heteroatoms. The first-order valence-electron chi connectivity index (χ1n) is 8.88. The third-order valence-corrected chi connectivity index (χ3v) is 3.67. The number of nitriles is 1. The Kier molecular flexibility index (Phi) is 7.85. The maximum Gasteiger partial charge on any atom is 0.310 e. The van der Waals surface area contributed by atoms with Gasteiger partial charge in [0.05, 0.1) is 31.3 Å². The van der Waals surface area contributed by atoms with Gasteiger partial charge in [-0.1, -0.05) is 12.1 Å². The van der Waals surface area contributed by atoms with Crippen LogP contribution < -0.4 is 14.8 Å². The average molecular weight is 382 g/mol. The summed E-state index contributed by atoms with van der Waals surface area (Å²) in [6.07, 6.45) is -0.964. The molecule has 0 heterocycles. The van der Waals surface area contributed by atoms with Crippen molar-refractivity contribution in [2.75, 3.05) is 18.5 Å². The molecule has 28 heavy (non-hydrogen) atoms. The van der Waals surface area contributed by atoms with Crippen molar-refractivity contribution in [1.82, 2.24) is 0 Å². The van der Waals surface area contributed by atoms with Gasteiger partial charge in [-0.15, -0.1) is 0 Å². The lowest BCUT2D eigenvalue weighted by atomic mass is 10.2. The molecule has 0 fully saturated rings. The van der Waals surface area contributed by atoms with Gasteiger partial charge in [0, 0.05) is 5.69 Å². The summed E-state index contributed by atoms with van der Waals surface area (Å²) in [5.41, 5.74) is 1.01. The van der Waals surface area contributed by atoms with Crippen LogP contribution in [0.4, 0.5) is 5.69 Å². The molecule has 0 saturated heterocycles. The minimum atomic E-state index is -0.959. The summed E-state index contributed by atoms with van der Waals surface area (Å²) in [6, 6.07) is 15.6. The topological polar surface area (TPSA) is 97.7 Å². The van der Waals surface area contributed by atoms with Crippen LogP contribution in [0.15, 0.2) is 48.5 Å². The monoisotopic (exact) mass is 382 g/mol. The van der Waals surface area contributed by atoms with Crippen LogP contribution in [0.2, 0.25) is 0 Å². The minimum absolute atomic E-state index is 0.00501. The van der Waals surface area contributed by atoms with E-state index in [0.29, 0.717) is 29.4 Å². The highest BCUT2D eigenvalue weighted by Crippen LogP contribution is 2.26. The zero-order valence-corrected chi connectivity index (χ0v) is 15.8. The van der Waals surface area contributed by atoms with E-state index in [4.69, 9.17) is 19.5 Å². The van der Waals surface area contributed by atoms with Crippen LogP contribution in [0.3, 0.4) is 0 Å². The van der Waals surface area contributed by atoms with Crippen LogP contribution >= 0.6 is 0 Å². The maximum absolute atomic E-state index is 12.1. The van der Waals surface area contributed by atoms with Crippen LogP contribution in [0.5, 0.6) is 11.5 Å². The fourth-order valence-electron chi connectivity index (χ4n) is 2.27. The molecule has 2 aromatic carbocycles. The van der Waals surface area contributed by atoms with Crippen LogP contribution in [-0.2, 0) is 14.3 Å². The van der Waals surface area contributed by atoms with Gasteiger partial charge in [0.25, 0.3) is 5.91 Å². The number of para-hydroxylation sites is 2. The number of anilines is 1. The Balaban J connectivity index is 1.77. The molecular weight excluding hydrogens is 360 g/mol. The molecule has 2 aromatic rings. The Bertz CT molecular complexity index is 843. The van der Waals surface area contributed by atoms with Gasteiger partial charge in [-0.05, 0) is 50.2 Å². The Morgan fingerprint density at radius 2 is 1.71 bits per heavy atom. The van der Waals surface area contributed by atoms with Crippen molar-refractivity contribution in [3.05, 3.63) is 54.1 Å². The van der Waals surface area contributed by atoms with Gasteiger partial charge in [-0.3, -0.25) is 9.59 Å². The molecule has 0 saturated carbocycles. The van der Waals surface area contributed by atoms with E-state index in [1.807, 2.05) is 25.1 Å². The van der Waals surface area contributed by atoms with Gasteiger partial charge < -0.3 is 19.5 Å². The molecule has 1 atom stereocenters. The Labute approximate surface area is 163 Å². The molecule has 0 unspecified atom stereocenters. The van der Waals surface area contributed by atoms with Crippen molar-refractivity contribution in [2.24, 2.45) is 0 Å². The molecule has 0 aliphatic rings. The number of carbonyl (C=O) groups is 2. The number of benzene rings is 2. The summed E-state index contributed by atoms with van der Waals surface area (Å²) in [5.74, 6) is 0.148. The summed E-state index contributed by atoms with van der Waals surface area (Å²) in [7, 11) is 0. The van der Waals surface area contributed by atoms with Crippen molar-refractivity contribution in [2.45, 2.75) is 26.4 Å². The molecule has 2 rings (SSSR count). The lowest BCUT2D eigenvalue weighted by molar-refractivity contribution is -0.153. The third-order valence-electron chi connectivity index (χ3n) is 3.67. The van der Waals surface area contributed by atoms with Crippen molar-refractivity contribution in [3.8, 4) is 17.6 Å². The fourth-order valence-corrected chi connectivity index (χ4v) is 2.27. The van der Waals surface area contributed by atoms with E-state index in [0.717, 1.165) is 0 Å². The van der Waals surface area contributed by atoms with E-state index < -0.39 is 18.0 Å².